The summed E-state index contributed by atoms with van der Waals surface area (Å²) in [5, 5.41) is 19.8. The van der Waals surface area contributed by atoms with E-state index < -0.39 is 16.7 Å². The first-order valence-electron chi connectivity index (χ1n) is 6.09. The Morgan fingerprint density at radius 3 is 2.48 bits per heavy atom. The number of nitro benzene ring substituents is 1. The van der Waals surface area contributed by atoms with E-state index in [-0.39, 0.29) is 16.8 Å². The summed E-state index contributed by atoms with van der Waals surface area (Å²) >= 11 is 1.29. The number of non-ortho nitro benzene ring substituents is 1. The quantitative estimate of drug-likeness (QED) is 0.520. The van der Waals surface area contributed by atoms with E-state index in [0.29, 0.717) is 4.88 Å². The molecular formula is C14H11NO5S. The fourth-order valence-corrected chi connectivity index (χ4v) is 2.75. The van der Waals surface area contributed by atoms with Crippen LogP contribution in [0.2, 0.25) is 0 Å². The summed E-state index contributed by atoms with van der Waals surface area (Å²) in [5.74, 6) is -1.80. The molecule has 1 aromatic carbocycles. The number of nitro groups is 1. The van der Waals surface area contributed by atoms with Crippen molar-refractivity contribution in [2.75, 3.05) is 0 Å². The topological polar surface area (TPSA) is 97.5 Å². The molecular weight excluding hydrogens is 294 g/mol. The summed E-state index contributed by atoms with van der Waals surface area (Å²) < 4.78 is 0. The standard InChI is InChI=1S/C14H11NO5S/c1-2-9-4-6-12(21-9)13(16)10-5-3-8(15(19)20)7-11(10)14(17)18/h3-7H,2H2,1H3,(H,17,18). The molecule has 0 amide bonds. The van der Waals surface area contributed by atoms with Gasteiger partial charge in [0.1, 0.15) is 0 Å². The molecule has 7 heteroatoms. The fourth-order valence-electron chi connectivity index (χ4n) is 1.84. The molecule has 1 N–H and O–H groups in total. The summed E-state index contributed by atoms with van der Waals surface area (Å²) in [5.41, 5.74) is -0.761. The van der Waals surface area contributed by atoms with Gasteiger partial charge in [-0.3, -0.25) is 14.9 Å². The van der Waals surface area contributed by atoms with Gasteiger partial charge in [0.05, 0.1) is 15.4 Å². The summed E-state index contributed by atoms with van der Waals surface area (Å²) in [6.07, 6.45) is 0.782. The number of aromatic carboxylic acids is 1. The highest BCUT2D eigenvalue weighted by Crippen LogP contribution is 2.24. The number of rotatable bonds is 5. The highest BCUT2D eigenvalue weighted by molar-refractivity contribution is 7.14. The van der Waals surface area contributed by atoms with Gasteiger partial charge in [0.2, 0.25) is 5.78 Å². The van der Waals surface area contributed by atoms with Crippen molar-refractivity contribution in [1.29, 1.82) is 0 Å². The van der Waals surface area contributed by atoms with Crippen molar-refractivity contribution in [3.8, 4) is 0 Å². The van der Waals surface area contributed by atoms with Crippen LogP contribution in [0.3, 0.4) is 0 Å². The molecule has 0 atom stereocenters. The minimum atomic E-state index is -1.37. The molecule has 2 aromatic rings. The van der Waals surface area contributed by atoms with E-state index in [1.165, 1.54) is 17.4 Å². The third kappa shape index (κ3) is 2.97. The zero-order valence-corrected chi connectivity index (χ0v) is 11.8. The number of nitrogens with zero attached hydrogens (tertiary/aromatic N) is 1. The molecule has 0 unspecified atom stereocenters. The second-order valence-corrected chi connectivity index (χ2v) is 5.41. The molecule has 1 aromatic heterocycles. The normalized spacial score (nSPS) is 10.3. The smallest absolute Gasteiger partial charge is 0.336 e. The molecule has 0 radical (unpaired) electrons. The average Bonchev–Trinajstić information content (AvgIpc) is 2.94. The lowest BCUT2D eigenvalue weighted by molar-refractivity contribution is -0.384. The van der Waals surface area contributed by atoms with E-state index >= 15 is 0 Å². The molecule has 0 saturated carbocycles. The molecule has 0 aliphatic heterocycles. The lowest BCUT2D eigenvalue weighted by atomic mass is 10.0. The first-order chi connectivity index (χ1) is 9.93. The number of carbonyl (C=O) groups is 2. The fraction of sp³-hybridized carbons (Fsp3) is 0.143. The Morgan fingerprint density at radius 2 is 1.95 bits per heavy atom. The lowest BCUT2D eigenvalue weighted by Gasteiger charge is -2.03. The van der Waals surface area contributed by atoms with E-state index in [9.17, 15) is 19.7 Å². The zero-order valence-electron chi connectivity index (χ0n) is 11.0. The molecule has 0 fully saturated rings. The van der Waals surface area contributed by atoms with Crippen LogP contribution >= 0.6 is 11.3 Å². The van der Waals surface area contributed by atoms with Crippen molar-refractivity contribution >= 4 is 28.8 Å². The number of hydrogen-bond donors (Lipinski definition) is 1. The van der Waals surface area contributed by atoms with Gasteiger partial charge in [0.25, 0.3) is 5.69 Å². The third-order valence-electron chi connectivity index (χ3n) is 2.92. The van der Waals surface area contributed by atoms with Crippen molar-refractivity contribution < 1.29 is 19.6 Å². The molecule has 6 nitrogen and oxygen atoms in total. The Balaban J connectivity index is 2.49. The predicted octanol–water partition coefficient (Wildman–Crippen LogP) is 3.15. The maximum atomic E-state index is 12.4. The molecule has 108 valence electrons. The zero-order chi connectivity index (χ0) is 15.6. The number of carboxylic acid groups (broad SMARTS) is 1. The van der Waals surface area contributed by atoms with Crippen molar-refractivity contribution in [2.24, 2.45) is 0 Å². The monoisotopic (exact) mass is 305 g/mol. The molecule has 1 heterocycles. The van der Waals surface area contributed by atoms with E-state index in [4.69, 9.17) is 5.11 Å². The van der Waals surface area contributed by atoms with Gasteiger partial charge in [-0.25, -0.2) is 4.79 Å². The van der Waals surface area contributed by atoms with Crippen LogP contribution in [0.5, 0.6) is 0 Å². The highest BCUT2D eigenvalue weighted by Gasteiger charge is 2.22. The van der Waals surface area contributed by atoms with Gasteiger partial charge in [-0.15, -0.1) is 11.3 Å². The second-order valence-electron chi connectivity index (χ2n) is 4.24. The lowest BCUT2D eigenvalue weighted by Crippen LogP contribution is -2.09. The third-order valence-corrected chi connectivity index (χ3v) is 4.15. The van der Waals surface area contributed by atoms with Crippen LogP contribution in [0, 0.1) is 10.1 Å². The maximum Gasteiger partial charge on any atom is 0.336 e. The first-order valence-corrected chi connectivity index (χ1v) is 6.90. The number of benzene rings is 1. The average molecular weight is 305 g/mol. The van der Waals surface area contributed by atoms with Crippen LogP contribution in [0.1, 0.15) is 37.4 Å². The summed E-state index contributed by atoms with van der Waals surface area (Å²) in [4.78, 5) is 35.0. The SMILES string of the molecule is CCc1ccc(C(=O)c2ccc([N+](=O)[O-])cc2C(=O)O)s1. The van der Waals surface area contributed by atoms with E-state index in [1.807, 2.05) is 13.0 Å². The maximum absolute atomic E-state index is 12.4. The van der Waals surface area contributed by atoms with Gasteiger partial charge in [0, 0.05) is 22.6 Å². The number of thiophene rings is 1. The van der Waals surface area contributed by atoms with Crippen LogP contribution < -0.4 is 0 Å². The van der Waals surface area contributed by atoms with Crippen LogP contribution in [0.25, 0.3) is 0 Å². The Morgan fingerprint density at radius 1 is 1.24 bits per heavy atom. The summed E-state index contributed by atoms with van der Waals surface area (Å²) in [6.45, 7) is 1.95. The molecule has 21 heavy (non-hydrogen) atoms. The van der Waals surface area contributed by atoms with Crippen molar-refractivity contribution in [2.45, 2.75) is 13.3 Å². The van der Waals surface area contributed by atoms with Crippen LogP contribution in [0.4, 0.5) is 5.69 Å². The Bertz CT molecular complexity index is 735. The van der Waals surface area contributed by atoms with Gasteiger partial charge >= 0.3 is 5.97 Å². The predicted molar refractivity (Wildman–Crippen MR) is 77.2 cm³/mol. The Labute approximate surface area is 123 Å². The minimum absolute atomic E-state index is 0.0439. The number of hydrogen-bond acceptors (Lipinski definition) is 5. The van der Waals surface area contributed by atoms with E-state index in [2.05, 4.69) is 0 Å². The van der Waals surface area contributed by atoms with Crippen LogP contribution in [-0.4, -0.2) is 21.8 Å². The van der Waals surface area contributed by atoms with Gasteiger partial charge in [0.15, 0.2) is 0 Å². The van der Waals surface area contributed by atoms with Gasteiger partial charge in [-0.2, -0.15) is 0 Å². The summed E-state index contributed by atoms with van der Waals surface area (Å²) in [7, 11) is 0. The molecule has 0 spiro atoms. The minimum Gasteiger partial charge on any atom is -0.478 e. The van der Waals surface area contributed by atoms with Crippen molar-refractivity contribution in [3.63, 3.8) is 0 Å². The first kappa shape index (κ1) is 14.9. The second kappa shape index (κ2) is 5.84. The highest BCUT2D eigenvalue weighted by atomic mass is 32.1. The summed E-state index contributed by atoms with van der Waals surface area (Å²) in [6, 6.07) is 6.68. The molecule has 0 bridgehead atoms. The Kier molecular flexibility index (Phi) is 4.13. The number of aryl methyl sites for hydroxylation is 1. The molecule has 0 aliphatic carbocycles. The van der Waals surface area contributed by atoms with Crippen LogP contribution in [-0.2, 0) is 6.42 Å². The Hall–Kier alpha value is -2.54. The van der Waals surface area contributed by atoms with E-state index in [1.54, 1.807) is 6.07 Å². The molecule has 0 saturated heterocycles. The molecule has 0 aliphatic rings. The van der Waals surface area contributed by atoms with E-state index in [0.717, 1.165) is 23.4 Å². The largest absolute Gasteiger partial charge is 0.478 e. The van der Waals surface area contributed by atoms with Crippen molar-refractivity contribution in [3.05, 3.63) is 61.3 Å². The number of carbonyl (C=O) groups excluding carboxylic acids is 1. The number of carboxylic acids is 1. The van der Waals surface area contributed by atoms with Crippen LogP contribution in [0.15, 0.2) is 30.3 Å². The molecule has 2 rings (SSSR count). The van der Waals surface area contributed by atoms with Crippen molar-refractivity contribution in [1.82, 2.24) is 0 Å². The van der Waals surface area contributed by atoms with Gasteiger partial charge < -0.3 is 5.11 Å². The van der Waals surface area contributed by atoms with Gasteiger partial charge in [-0.1, -0.05) is 6.92 Å². The number of ketones is 1. The van der Waals surface area contributed by atoms with Gasteiger partial charge in [-0.05, 0) is 24.6 Å².